The van der Waals surface area contributed by atoms with Crippen LogP contribution < -0.4 is 5.32 Å². The van der Waals surface area contributed by atoms with Gasteiger partial charge in [-0.3, -0.25) is 4.79 Å². The normalized spacial score (nSPS) is 20.2. The van der Waals surface area contributed by atoms with E-state index in [1.165, 1.54) is 0 Å². The summed E-state index contributed by atoms with van der Waals surface area (Å²) in [5.74, 6) is -0.514. The molecule has 1 aliphatic carbocycles. The van der Waals surface area contributed by atoms with Gasteiger partial charge in [0, 0.05) is 12.0 Å². The summed E-state index contributed by atoms with van der Waals surface area (Å²) < 4.78 is 37.6. The third-order valence-corrected chi connectivity index (χ3v) is 3.96. The third kappa shape index (κ3) is 3.07. The lowest BCUT2D eigenvalue weighted by Gasteiger charge is -2.18. The van der Waals surface area contributed by atoms with Gasteiger partial charge >= 0.3 is 6.18 Å². The molecule has 0 aliphatic heterocycles. The molecular formula is C17H14F3NO2. The number of carbonyl (C=O) groups is 1. The number of hydrogen-bond donors (Lipinski definition) is 2. The van der Waals surface area contributed by atoms with Crippen LogP contribution >= 0.6 is 0 Å². The maximum atomic E-state index is 12.5. The Morgan fingerprint density at radius 2 is 1.74 bits per heavy atom. The van der Waals surface area contributed by atoms with E-state index < -0.39 is 29.8 Å². The Kier molecular flexibility index (Phi) is 3.85. The van der Waals surface area contributed by atoms with Crippen molar-refractivity contribution in [2.45, 2.75) is 24.7 Å². The molecule has 2 N–H and O–H groups in total. The first kappa shape index (κ1) is 15.6. The van der Waals surface area contributed by atoms with Crippen molar-refractivity contribution in [1.29, 1.82) is 0 Å². The summed E-state index contributed by atoms with van der Waals surface area (Å²) in [5, 5.41) is 12.8. The highest BCUT2D eigenvalue weighted by Crippen LogP contribution is 2.32. The topological polar surface area (TPSA) is 49.3 Å². The lowest BCUT2D eigenvalue weighted by atomic mass is 10.1. The van der Waals surface area contributed by atoms with Crippen LogP contribution in [0.3, 0.4) is 0 Å². The Bertz CT molecular complexity index is 725. The maximum absolute atomic E-state index is 12.5. The first-order valence-corrected chi connectivity index (χ1v) is 7.10. The Hall–Kier alpha value is -2.34. The molecular weight excluding hydrogens is 307 g/mol. The van der Waals surface area contributed by atoms with E-state index in [-0.39, 0.29) is 5.56 Å². The van der Waals surface area contributed by atoms with Crippen molar-refractivity contribution in [1.82, 2.24) is 5.32 Å². The van der Waals surface area contributed by atoms with Gasteiger partial charge in [-0.05, 0) is 35.4 Å². The molecule has 1 amide bonds. The lowest BCUT2D eigenvalue weighted by Crippen LogP contribution is -2.33. The van der Waals surface area contributed by atoms with Crippen molar-refractivity contribution < 1.29 is 23.1 Å². The maximum Gasteiger partial charge on any atom is 0.416 e. The summed E-state index contributed by atoms with van der Waals surface area (Å²) in [4.78, 5) is 12.2. The molecule has 2 unspecified atom stereocenters. The molecule has 2 atom stereocenters. The standard InChI is InChI=1S/C17H14F3NO2/c18-17(19,20)12-7-5-10(6-8-12)16(23)21-15-13-4-2-1-3-11(13)9-14(15)22/h1-8,14-15,22H,9H2,(H,21,23). The molecule has 6 heteroatoms. The summed E-state index contributed by atoms with van der Waals surface area (Å²) in [5.41, 5.74) is 1.10. The number of halogens is 3. The molecule has 0 radical (unpaired) electrons. The van der Waals surface area contributed by atoms with Crippen LogP contribution in [0.4, 0.5) is 13.2 Å². The molecule has 0 saturated heterocycles. The van der Waals surface area contributed by atoms with Gasteiger partial charge in [0.15, 0.2) is 0 Å². The van der Waals surface area contributed by atoms with E-state index in [1.807, 2.05) is 24.3 Å². The number of fused-ring (bicyclic) bond motifs is 1. The van der Waals surface area contributed by atoms with Gasteiger partial charge in [0.05, 0.1) is 17.7 Å². The monoisotopic (exact) mass is 321 g/mol. The summed E-state index contributed by atoms with van der Waals surface area (Å²) in [6.45, 7) is 0. The molecule has 2 aromatic carbocycles. The van der Waals surface area contributed by atoms with Crippen molar-refractivity contribution in [3.05, 3.63) is 70.8 Å². The summed E-state index contributed by atoms with van der Waals surface area (Å²) >= 11 is 0. The van der Waals surface area contributed by atoms with Crippen molar-refractivity contribution in [2.75, 3.05) is 0 Å². The second-order valence-electron chi connectivity index (χ2n) is 5.50. The fourth-order valence-corrected chi connectivity index (χ4v) is 2.78. The van der Waals surface area contributed by atoms with Crippen molar-refractivity contribution in [3.63, 3.8) is 0 Å². The fourth-order valence-electron chi connectivity index (χ4n) is 2.78. The van der Waals surface area contributed by atoms with E-state index in [9.17, 15) is 23.1 Å². The lowest BCUT2D eigenvalue weighted by molar-refractivity contribution is -0.137. The zero-order valence-corrected chi connectivity index (χ0v) is 12.0. The second kappa shape index (κ2) is 5.70. The van der Waals surface area contributed by atoms with Crippen molar-refractivity contribution in [3.8, 4) is 0 Å². The number of alkyl halides is 3. The zero-order valence-electron chi connectivity index (χ0n) is 12.0. The number of nitrogens with one attached hydrogen (secondary N) is 1. The van der Waals surface area contributed by atoms with Crippen molar-refractivity contribution in [2.24, 2.45) is 0 Å². The first-order valence-electron chi connectivity index (χ1n) is 7.10. The largest absolute Gasteiger partial charge is 0.416 e. The molecule has 23 heavy (non-hydrogen) atoms. The molecule has 0 spiro atoms. The second-order valence-corrected chi connectivity index (χ2v) is 5.50. The van der Waals surface area contributed by atoms with Gasteiger partial charge in [-0.25, -0.2) is 0 Å². The van der Waals surface area contributed by atoms with Crippen LogP contribution in [0.15, 0.2) is 48.5 Å². The van der Waals surface area contributed by atoms with Crippen LogP contribution in [-0.2, 0) is 12.6 Å². The SMILES string of the molecule is O=C(NC1c2ccccc2CC1O)c1ccc(C(F)(F)F)cc1. The Morgan fingerprint density at radius 3 is 2.39 bits per heavy atom. The minimum absolute atomic E-state index is 0.120. The van der Waals surface area contributed by atoms with E-state index in [0.29, 0.717) is 6.42 Å². The predicted molar refractivity (Wildman–Crippen MR) is 77.8 cm³/mol. The summed E-state index contributed by atoms with van der Waals surface area (Å²) in [7, 11) is 0. The van der Waals surface area contributed by atoms with Crippen LogP contribution in [0.1, 0.15) is 33.1 Å². The fraction of sp³-hybridized carbons (Fsp3) is 0.235. The molecule has 0 aromatic heterocycles. The minimum Gasteiger partial charge on any atom is -0.390 e. The van der Waals surface area contributed by atoms with Crippen LogP contribution in [0.5, 0.6) is 0 Å². The van der Waals surface area contributed by atoms with E-state index in [4.69, 9.17) is 0 Å². The van der Waals surface area contributed by atoms with Crippen LogP contribution in [0.25, 0.3) is 0 Å². The number of rotatable bonds is 2. The average molecular weight is 321 g/mol. The van der Waals surface area contributed by atoms with E-state index in [2.05, 4.69) is 5.32 Å². The molecule has 3 rings (SSSR count). The van der Waals surface area contributed by atoms with Gasteiger partial charge in [-0.2, -0.15) is 13.2 Å². The molecule has 0 fully saturated rings. The number of hydrogen-bond acceptors (Lipinski definition) is 2. The molecule has 120 valence electrons. The van der Waals surface area contributed by atoms with Gasteiger partial charge in [0.25, 0.3) is 5.91 Å². The van der Waals surface area contributed by atoms with Gasteiger partial charge in [-0.1, -0.05) is 24.3 Å². The van der Waals surface area contributed by atoms with Gasteiger partial charge in [0.2, 0.25) is 0 Å². The molecule has 1 aliphatic rings. The zero-order chi connectivity index (χ0) is 16.6. The van der Waals surface area contributed by atoms with Gasteiger partial charge in [-0.15, -0.1) is 0 Å². The van der Waals surface area contributed by atoms with Crippen LogP contribution in [0.2, 0.25) is 0 Å². The smallest absolute Gasteiger partial charge is 0.390 e. The first-order chi connectivity index (χ1) is 10.9. The third-order valence-electron chi connectivity index (χ3n) is 3.96. The van der Waals surface area contributed by atoms with E-state index >= 15 is 0 Å². The molecule has 0 saturated carbocycles. The van der Waals surface area contributed by atoms with Gasteiger partial charge in [0.1, 0.15) is 0 Å². The van der Waals surface area contributed by atoms with Crippen LogP contribution in [0, 0.1) is 0 Å². The summed E-state index contributed by atoms with van der Waals surface area (Å²) in [6.07, 6.45) is -4.74. The van der Waals surface area contributed by atoms with E-state index in [1.54, 1.807) is 0 Å². The Labute approximate surface area is 130 Å². The van der Waals surface area contributed by atoms with Crippen molar-refractivity contribution >= 4 is 5.91 Å². The molecule has 0 heterocycles. The number of carbonyl (C=O) groups excluding carboxylic acids is 1. The highest BCUT2D eigenvalue weighted by atomic mass is 19.4. The number of benzene rings is 2. The average Bonchev–Trinajstić information content (AvgIpc) is 2.82. The van der Waals surface area contributed by atoms with Gasteiger partial charge < -0.3 is 10.4 Å². The van der Waals surface area contributed by atoms with E-state index in [0.717, 1.165) is 35.4 Å². The highest BCUT2D eigenvalue weighted by Gasteiger charge is 2.33. The quantitative estimate of drug-likeness (QED) is 0.893. The molecule has 3 nitrogen and oxygen atoms in total. The predicted octanol–water partition coefficient (Wildman–Crippen LogP) is 3.09. The Morgan fingerprint density at radius 1 is 1.09 bits per heavy atom. The van der Waals surface area contributed by atoms with Crippen LogP contribution in [-0.4, -0.2) is 17.1 Å². The minimum atomic E-state index is -4.43. The number of amides is 1. The molecule has 2 aromatic rings. The Balaban J connectivity index is 1.77. The number of aliphatic hydroxyl groups is 1. The summed E-state index contributed by atoms with van der Waals surface area (Å²) in [6, 6.07) is 10.8. The highest BCUT2D eigenvalue weighted by molar-refractivity contribution is 5.94. The number of aliphatic hydroxyl groups excluding tert-OH is 1. The molecule has 0 bridgehead atoms.